The maximum absolute atomic E-state index is 12.5. The minimum absolute atomic E-state index is 0.0812. The van der Waals surface area contributed by atoms with Crippen LogP contribution in [0.25, 0.3) is 0 Å². The van der Waals surface area contributed by atoms with E-state index in [1.54, 1.807) is 6.92 Å². The van der Waals surface area contributed by atoms with E-state index in [1.165, 1.54) is 22.5 Å². The lowest BCUT2D eigenvalue weighted by molar-refractivity contribution is -0.0750. The Kier molecular flexibility index (Phi) is 4.94. The van der Waals surface area contributed by atoms with E-state index in [-0.39, 0.29) is 35.7 Å². The van der Waals surface area contributed by atoms with Crippen LogP contribution in [-0.2, 0) is 14.8 Å². The molecular formula is C12H15Cl2NO4S. The standard InChI is InChI=1S/C12H15Cl2NO4S/c1-8-5-15(6-9(7-16)19-8)20(17,18)10-2-3-11(13)12(14)4-10/h2-4,8-9,16H,5-7H2,1H3. The van der Waals surface area contributed by atoms with Gasteiger partial charge in [-0.25, -0.2) is 8.42 Å². The van der Waals surface area contributed by atoms with Crippen LogP contribution < -0.4 is 0 Å². The van der Waals surface area contributed by atoms with Gasteiger partial charge in [-0.15, -0.1) is 0 Å². The van der Waals surface area contributed by atoms with Crippen LogP contribution in [0.5, 0.6) is 0 Å². The summed E-state index contributed by atoms with van der Waals surface area (Å²) in [5.41, 5.74) is 0. The van der Waals surface area contributed by atoms with E-state index in [1.807, 2.05) is 0 Å². The van der Waals surface area contributed by atoms with Gasteiger partial charge in [0.25, 0.3) is 0 Å². The van der Waals surface area contributed by atoms with Crippen LogP contribution in [0.4, 0.5) is 0 Å². The number of hydrogen-bond acceptors (Lipinski definition) is 4. The van der Waals surface area contributed by atoms with E-state index in [2.05, 4.69) is 0 Å². The largest absolute Gasteiger partial charge is 0.394 e. The average molecular weight is 340 g/mol. The number of sulfonamides is 1. The fourth-order valence-electron chi connectivity index (χ4n) is 2.09. The normalized spacial score (nSPS) is 24.8. The number of ether oxygens (including phenoxy) is 1. The van der Waals surface area contributed by atoms with Crippen molar-refractivity contribution in [1.82, 2.24) is 4.31 Å². The van der Waals surface area contributed by atoms with Gasteiger partial charge in [0.2, 0.25) is 10.0 Å². The van der Waals surface area contributed by atoms with Crippen LogP contribution in [0, 0.1) is 0 Å². The number of halogens is 2. The molecule has 8 heteroatoms. The van der Waals surface area contributed by atoms with Gasteiger partial charge >= 0.3 is 0 Å². The van der Waals surface area contributed by atoms with Crippen molar-refractivity contribution in [2.75, 3.05) is 19.7 Å². The van der Waals surface area contributed by atoms with Gasteiger partial charge in [0.15, 0.2) is 0 Å². The molecule has 1 fully saturated rings. The second kappa shape index (κ2) is 6.17. The Labute approximate surface area is 128 Å². The van der Waals surface area contributed by atoms with E-state index in [4.69, 9.17) is 33.0 Å². The summed E-state index contributed by atoms with van der Waals surface area (Å²) in [6.07, 6.45) is -0.797. The Morgan fingerprint density at radius 3 is 2.65 bits per heavy atom. The molecular weight excluding hydrogens is 325 g/mol. The van der Waals surface area contributed by atoms with E-state index in [9.17, 15) is 8.42 Å². The predicted octanol–water partition coefficient (Wildman–Crippen LogP) is 1.76. The number of rotatable bonds is 3. The molecule has 1 saturated heterocycles. The van der Waals surface area contributed by atoms with Gasteiger partial charge in [-0.1, -0.05) is 23.2 Å². The predicted molar refractivity (Wildman–Crippen MR) is 76.6 cm³/mol. The zero-order valence-corrected chi connectivity index (χ0v) is 13.1. The Bertz CT molecular complexity index is 593. The van der Waals surface area contributed by atoms with Crippen molar-refractivity contribution in [2.45, 2.75) is 24.0 Å². The third-order valence-corrected chi connectivity index (χ3v) is 5.59. The maximum atomic E-state index is 12.5. The first-order valence-corrected chi connectivity index (χ1v) is 8.25. The van der Waals surface area contributed by atoms with Crippen molar-refractivity contribution in [1.29, 1.82) is 0 Å². The number of aliphatic hydroxyl groups excluding tert-OH is 1. The molecule has 2 rings (SSSR count). The minimum Gasteiger partial charge on any atom is -0.394 e. The topological polar surface area (TPSA) is 66.8 Å². The number of hydrogen-bond donors (Lipinski definition) is 1. The highest BCUT2D eigenvalue weighted by Crippen LogP contribution is 2.27. The lowest BCUT2D eigenvalue weighted by atomic mass is 10.2. The van der Waals surface area contributed by atoms with Gasteiger partial charge in [-0.05, 0) is 25.1 Å². The molecule has 1 aromatic carbocycles. The summed E-state index contributed by atoms with van der Waals surface area (Å²) >= 11 is 11.7. The number of benzene rings is 1. The molecule has 20 heavy (non-hydrogen) atoms. The summed E-state index contributed by atoms with van der Waals surface area (Å²) in [5.74, 6) is 0. The fraction of sp³-hybridized carbons (Fsp3) is 0.500. The highest BCUT2D eigenvalue weighted by Gasteiger charge is 2.33. The van der Waals surface area contributed by atoms with Crippen molar-refractivity contribution in [3.8, 4) is 0 Å². The van der Waals surface area contributed by atoms with Gasteiger partial charge in [0.1, 0.15) is 0 Å². The highest BCUT2D eigenvalue weighted by atomic mass is 35.5. The van der Waals surface area contributed by atoms with Crippen molar-refractivity contribution >= 4 is 33.2 Å². The van der Waals surface area contributed by atoms with Crippen molar-refractivity contribution in [2.24, 2.45) is 0 Å². The first-order chi connectivity index (χ1) is 9.34. The first kappa shape index (κ1) is 16.0. The van der Waals surface area contributed by atoms with E-state index in [0.717, 1.165) is 0 Å². The summed E-state index contributed by atoms with van der Waals surface area (Å²) in [4.78, 5) is 0.0812. The number of aliphatic hydroxyl groups is 1. The zero-order valence-electron chi connectivity index (χ0n) is 10.8. The molecule has 112 valence electrons. The average Bonchev–Trinajstić information content (AvgIpc) is 2.41. The smallest absolute Gasteiger partial charge is 0.243 e. The van der Waals surface area contributed by atoms with Crippen molar-refractivity contribution in [3.63, 3.8) is 0 Å². The van der Waals surface area contributed by atoms with Gasteiger partial charge in [-0.2, -0.15) is 4.31 Å². The first-order valence-electron chi connectivity index (χ1n) is 6.06. The fourth-order valence-corrected chi connectivity index (χ4v) is 4.02. The quantitative estimate of drug-likeness (QED) is 0.911. The summed E-state index contributed by atoms with van der Waals surface area (Å²) in [6, 6.07) is 4.19. The summed E-state index contributed by atoms with van der Waals surface area (Å²) in [6.45, 7) is 1.89. The second-order valence-electron chi connectivity index (χ2n) is 4.65. The minimum atomic E-state index is -3.68. The van der Waals surface area contributed by atoms with Crippen LogP contribution in [-0.4, -0.2) is 49.7 Å². The molecule has 1 N–H and O–H groups in total. The SMILES string of the molecule is CC1CN(S(=O)(=O)c2ccc(Cl)c(Cl)c2)CC(CO)O1. The molecule has 0 amide bonds. The van der Waals surface area contributed by atoms with Gasteiger partial charge in [-0.3, -0.25) is 0 Å². The molecule has 1 aliphatic heterocycles. The molecule has 1 aromatic rings. The van der Waals surface area contributed by atoms with E-state index < -0.39 is 16.1 Å². The highest BCUT2D eigenvalue weighted by molar-refractivity contribution is 7.89. The lowest BCUT2D eigenvalue weighted by Crippen LogP contribution is -2.50. The molecule has 2 atom stereocenters. The second-order valence-corrected chi connectivity index (χ2v) is 7.40. The van der Waals surface area contributed by atoms with Crippen LogP contribution in [0.3, 0.4) is 0 Å². The Morgan fingerprint density at radius 2 is 2.05 bits per heavy atom. The van der Waals surface area contributed by atoms with E-state index in [0.29, 0.717) is 5.02 Å². The molecule has 0 saturated carbocycles. The molecule has 0 aromatic heterocycles. The maximum Gasteiger partial charge on any atom is 0.243 e. The van der Waals surface area contributed by atoms with Gasteiger partial charge in [0.05, 0.1) is 33.8 Å². The Morgan fingerprint density at radius 1 is 1.35 bits per heavy atom. The number of morpholine rings is 1. The zero-order chi connectivity index (χ0) is 14.9. The molecule has 0 bridgehead atoms. The Balaban J connectivity index is 2.31. The van der Waals surface area contributed by atoms with Crippen molar-refractivity contribution in [3.05, 3.63) is 28.2 Å². The molecule has 1 aliphatic rings. The van der Waals surface area contributed by atoms with Crippen LogP contribution in [0.1, 0.15) is 6.92 Å². The van der Waals surface area contributed by atoms with Crippen LogP contribution in [0.15, 0.2) is 23.1 Å². The third kappa shape index (κ3) is 3.27. The van der Waals surface area contributed by atoms with Gasteiger partial charge in [0, 0.05) is 13.1 Å². The van der Waals surface area contributed by atoms with E-state index >= 15 is 0 Å². The molecule has 0 aliphatic carbocycles. The number of nitrogens with zero attached hydrogens (tertiary/aromatic N) is 1. The lowest BCUT2D eigenvalue weighted by Gasteiger charge is -2.35. The van der Waals surface area contributed by atoms with Crippen molar-refractivity contribution < 1.29 is 18.3 Å². The molecule has 1 heterocycles. The molecule has 5 nitrogen and oxygen atoms in total. The summed E-state index contributed by atoms with van der Waals surface area (Å²) < 4.78 is 31.8. The van der Waals surface area contributed by atoms with Crippen LogP contribution in [0.2, 0.25) is 10.0 Å². The summed E-state index contributed by atoms with van der Waals surface area (Å²) in [5, 5.41) is 9.65. The Hall–Kier alpha value is -0.370. The molecule has 0 radical (unpaired) electrons. The van der Waals surface area contributed by atoms with Crippen LogP contribution >= 0.6 is 23.2 Å². The summed E-state index contributed by atoms with van der Waals surface area (Å²) in [7, 11) is -3.68. The molecule has 2 unspecified atom stereocenters. The monoisotopic (exact) mass is 339 g/mol. The third-order valence-electron chi connectivity index (χ3n) is 3.03. The van der Waals surface area contributed by atoms with Gasteiger partial charge < -0.3 is 9.84 Å². The molecule has 0 spiro atoms.